The van der Waals surface area contributed by atoms with E-state index in [1.54, 1.807) is 0 Å². The molecule has 1 atom stereocenters. The van der Waals surface area contributed by atoms with Crippen molar-refractivity contribution in [2.75, 3.05) is 11.2 Å². The number of benzene rings is 6. The van der Waals surface area contributed by atoms with E-state index in [1.165, 1.54) is 33.4 Å². The van der Waals surface area contributed by atoms with Crippen LogP contribution in [-0.2, 0) is 5.41 Å². The second-order valence-electron chi connectivity index (χ2n) is 12.2. The van der Waals surface area contributed by atoms with E-state index in [1.807, 2.05) is 0 Å². The first kappa shape index (κ1) is 26.7. The molecule has 3 heteroatoms. The lowest BCUT2D eigenvalue weighted by Gasteiger charge is -2.28. The SMILES string of the molecule is C=S(C)c1cccc2c1oc1c(N(c3ccc(-c4ccccc4)cc3)c3ccc4c(c3)C(C)(C)c3ccccc3-4)cccc12. The van der Waals surface area contributed by atoms with Crippen molar-refractivity contribution in [2.45, 2.75) is 24.2 Å². The van der Waals surface area contributed by atoms with Crippen LogP contribution in [0.1, 0.15) is 25.0 Å². The topological polar surface area (TPSA) is 16.4 Å². The molecule has 1 heterocycles. The Kier molecular flexibility index (Phi) is 6.14. The lowest BCUT2D eigenvalue weighted by Crippen LogP contribution is -2.16. The standard InChI is InChI=1S/C41H33NOS/c1-41(2)35-17-9-8-14-31(35)32-25-24-30(26-36(32)41)42(29-22-20-28(21-23-29)27-12-6-5-7-13-27)37-18-10-15-33-34-16-11-19-38(44(3)4)40(34)43-39(33)37/h5-26H,3H2,1-2,4H3. The van der Waals surface area contributed by atoms with Crippen molar-refractivity contribution in [2.24, 2.45) is 0 Å². The predicted octanol–water partition coefficient (Wildman–Crippen LogP) is 11.7. The minimum atomic E-state index is -0.176. The maximum absolute atomic E-state index is 6.80. The van der Waals surface area contributed by atoms with Crippen LogP contribution in [0.15, 0.2) is 143 Å². The van der Waals surface area contributed by atoms with Crippen LogP contribution in [0.4, 0.5) is 17.1 Å². The van der Waals surface area contributed by atoms with E-state index in [9.17, 15) is 0 Å². The van der Waals surface area contributed by atoms with Gasteiger partial charge in [0.05, 0.1) is 5.69 Å². The number of rotatable bonds is 5. The number of fused-ring (bicyclic) bond motifs is 6. The van der Waals surface area contributed by atoms with E-state index in [0.717, 1.165) is 43.9 Å². The molecule has 0 N–H and O–H groups in total. The van der Waals surface area contributed by atoms with Gasteiger partial charge >= 0.3 is 0 Å². The molecule has 6 aromatic carbocycles. The van der Waals surface area contributed by atoms with Gasteiger partial charge in [-0.2, -0.15) is 10.5 Å². The summed E-state index contributed by atoms with van der Waals surface area (Å²) < 4.78 is 6.80. The largest absolute Gasteiger partial charge is 0.453 e. The third-order valence-corrected chi connectivity index (χ3v) is 10.2. The number of nitrogens with zero attached hydrogens (tertiary/aromatic N) is 1. The van der Waals surface area contributed by atoms with E-state index >= 15 is 0 Å². The van der Waals surface area contributed by atoms with E-state index in [-0.39, 0.29) is 15.9 Å². The Balaban J connectivity index is 1.36. The van der Waals surface area contributed by atoms with Crippen LogP contribution in [0.2, 0.25) is 0 Å². The third kappa shape index (κ3) is 4.07. The van der Waals surface area contributed by atoms with Gasteiger partial charge in [0.1, 0.15) is 5.58 Å². The monoisotopic (exact) mass is 587 g/mol. The summed E-state index contributed by atoms with van der Waals surface area (Å²) in [6.07, 6.45) is 2.15. The van der Waals surface area contributed by atoms with Crippen LogP contribution in [0, 0.1) is 0 Å². The number of hydrogen-bond acceptors (Lipinski definition) is 2. The Hall–Kier alpha value is -4.86. The average molecular weight is 588 g/mol. The van der Waals surface area contributed by atoms with Gasteiger partial charge in [-0.3, -0.25) is 0 Å². The summed E-state index contributed by atoms with van der Waals surface area (Å²) in [4.78, 5) is 3.51. The summed E-state index contributed by atoms with van der Waals surface area (Å²) in [6, 6.07) is 48.1. The molecule has 0 amide bonds. The Morgan fingerprint density at radius 1 is 0.591 bits per heavy atom. The van der Waals surface area contributed by atoms with E-state index < -0.39 is 0 Å². The highest BCUT2D eigenvalue weighted by Crippen LogP contribution is 2.51. The fraction of sp³-hybridized carbons (Fsp3) is 0.0976. The second kappa shape index (κ2) is 10.1. The fourth-order valence-electron chi connectivity index (χ4n) is 6.92. The zero-order valence-electron chi connectivity index (χ0n) is 25.2. The summed E-state index contributed by atoms with van der Waals surface area (Å²) in [7, 11) is -0.176. The molecule has 0 bridgehead atoms. The average Bonchev–Trinajstić information content (AvgIpc) is 3.55. The third-order valence-electron chi connectivity index (χ3n) is 9.14. The molecule has 2 nitrogen and oxygen atoms in total. The van der Waals surface area contributed by atoms with Crippen LogP contribution in [0.5, 0.6) is 0 Å². The summed E-state index contributed by atoms with van der Waals surface area (Å²) in [5.74, 6) is 4.34. The normalized spacial score (nSPS) is 14.0. The van der Waals surface area contributed by atoms with Crippen molar-refractivity contribution in [3.8, 4) is 22.3 Å². The van der Waals surface area contributed by atoms with Gasteiger partial charge < -0.3 is 9.32 Å². The molecule has 1 aromatic heterocycles. The van der Waals surface area contributed by atoms with Gasteiger partial charge in [-0.15, -0.1) is 0 Å². The fourth-order valence-corrected chi connectivity index (χ4v) is 7.70. The Morgan fingerprint density at radius 3 is 2.00 bits per heavy atom. The maximum Gasteiger partial charge on any atom is 0.159 e. The van der Waals surface area contributed by atoms with Crippen molar-refractivity contribution >= 4 is 55.4 Å². The summed E-state index contributed by atoms with van der Waals surface area (Å²) >= 11 is 0. The Morgan fingerprint density at radius 2 is 1.23 bits per heavy atom. The van der Waals surface area contributed by atoms with Crippen molar-refractivity contribution in [1.29, 1.82) is 0 Å². The van der Waals surface area contributed by atoms with Gasteiger partial charge in [-0.1, -0.05) is 117 Å². The molecule has 44 heavy (non-hydrogen) atoms. The van der Waals surface area contributed by atoms with Crippen LogP contribution in [-0.4, -0.2) is 12.1 Å². The van der Waals surface area contributed by atoms with Crippen LogP contribution in [0.25, 0.3) is 44.2 Å². The zero-order valence-corrected chi connectivity index (χ0v) is 26.0. The summed E-state index contributed by atoms with van der Waals surface area (Å²) in [5, 5.41) is 2.25. The van der Waals surface area contributed by atoms with E-state index in [2.05, 4.69) is 164 Å². The lowest BCUT2D eigenvalue weighted by molar-refractivity contribution is 0.659. The predicted molar refractivity (Wildman–Crippen MR) is 190 cm³/mol. The van der Waals surface area contributed by atoms with Gasteiger partial charge in [0.15, 0.2) is 5.58 Å². The minimum absolute atomic E-state index is 0.101. The lowest BCUT2D eigenvalue weighted by atomic mass is 9.82. The molecular weight excluding hydrogens is 555 g/mol. The number of para-hydroxylation sites is 2. The van der Waals surface area contributed by atoms with Gasteiger partial charge in [-0.05, 0) is 76.0 Å². The molecule has 1 aliphatic carbocycles. The molecule has 7 aromatic rings. The van der Waals surface area contributed by atoms with Crippen molar-refractivity contribution in [1.82, 2.24) is 0 Å². The number of furan rings is 1. The van der Waals surface area contributed by atoms with Crippen molar-refractivity contribution in [3.05, 3.63) is 145 Å². The molecule has 1 aliphatic rings. The molecule has 8 rings (SSSR count). The van der Waals surface area contributed by atoms with Gasteiger partial charge in [0, 0.05) is 32.5 Å². The molecule has 0 fully saturated rings. The zero-order chi connectivity index (χ0) is 30.0. The molecule has 0 saturated heterocycles. The Labute approximate surface area is 261 Å². The first-order chi connectivity index (χ1) is 21.4. The molecule has 0 saturated carbocycles. The molecule has 1 unspecified atom stereocenters. The number of anilines is 3. The van der Waals surface area contributed by atoms with Gasteiger partial charge in [-0.25, -0.2) is 0 Å². The molecule has 214 valence electrons. The molecule has 0 aliphatic heterocycles. The maximum atomic E-state index is 6.80. The first-order valence-electron chi connectivity index (χ1n) is 15.0. The van der Waals surface area contributed by atoms with Crippen molar-refractivity contribution < 1.29 is 4.42 Å². The quantitative estimate of drug-likeness (QED) is 0.186. The molecular formula is C41H33NOS. The van der Waals surface area contributed by atoms with Crippen LogP contribution < -0.4 is 4.90 Å². The van der Waals surface area contributed by atoms with Gasteiger partial charge in [0.2, 0.25) is 0 Å². The van der Waals surface area contributed by atoms with E-state index in [0.29, 0.717) is 0 Å². The first-order valence-corrected chi connectivity index (χ1v) is 16.8. The second-order valence-corrected chi connectivity index (χ2v) is 13.9. The van der Waals surface area contributed by atoms with Crippen molar-refractivity contribution in [3.63, 3.8) is 0 Å². The highest BCUT2D eigenvalue weighted by Gasteiger charge is 2.36. The minimum Gasteiger partial charge on any atom is -0.453 e. The summed E-state index contributed by atoms with van der Waals surface area (Å²) in [6.45, 7) is 4.67. The van der Waals surface area contributed by atoms with E-state index in [4.69, 9.17) is 4.42 Å². The van der Waals surface area contributed by atoms with Crippen LogP contribution in [0.3, 0.4) is 0 Å². The van der Waals surface area contributed by atoms with Crippen LogP contribution >= 0.6 is 10.5 Å². The smallest absolute Gasteiger partial charge is 0.159 e. The highest BCUT2D eigenvalue weighted by atomic mass is 32.2. The highest BCUT2D eigenvalue weighted by molar-refractivity contribution is 8.13. The summed E-state index contributed by atoms with van der Waals surface area (Å²) in [5.41, 5.74) is 12.7. The molecule has 0 spiro atoms. The Bertz CT molecular complexity index is 2220. The molecule has 0 radical (unpaired) electrons. The number of hydrogen-bond donors (Lipinski definition) is 0. The van der Waals surface area contributed by atoms with Gasteiger partial charge in [0.25, 0.3) is 0 Å².